The number of thioether (sulfide) groups is 1. The van der Waals surface area contributed by atoms with Crippen LogP contribution >= 0.6 is 35.3 Å². The van der Waals surface area contributed by atoms with Crippen molar-refractivity contribution in [2.75, 3.05) is 6.26 Å². The van der Waals surface area contributed by atoms with Crippen molar-refractivity contribution in [3.05, 3.63) is 15.6 Å². The first-order valence-corrected chi connectivity index (χ1v) is 7.27. The average Bonchev–Trinajstić information content (AvgIpc) is 2.48. The highest BCUT2D eigenvalue weighted by Crippen LogP contribution is 2.30. The zero-order chi connectivity index (χ0) is 11.6. The lowest BCUT2D eigenvalue weighted by atomic mass is 9.91. The van der Waals surface area contributed by atoms with Crippen LogP contribution in [-0.2, 0) is 11.2 Å². The van der Waals surface area contributed by atoms with Gasteiger partial charge < -0.3 is 5.73 Å². The zero-order valence-corrected chi connectivity index (χ0v) is 11.9. The summed E-state index contributed by atoms with van der Waals surface area (Å²) in [6, 6.07) is 0. The van der Waals surface area contributed by atoms with Gasteiger partial charge in [0, 0.05) is 11.2 Å². The summed E-state index contributed by atoms with van der Waals surface area (Å²) in [6.07, 6.45) is 2.07. The zero-order valence-electron chi connectivity index (χ0n) is 9.46. The van der Waals surface area contributed by atoms with Gasteiger partial charge in [-0.25, -0.2) is 4.98 Å². The molecule has 1 rings (SSSR count). The number of hydrogen-bond acceptors (Lipinski definition) is 4. The van der Waals surface area contributed by atoms with Gasteiger partial charge in [-0.3, -0.25) is 0 Å². The van der Waals surface area contributed by atoms with Crippen LogP contribution in [0, 0.1) is 0 Å². The Morgan fingerprint density at radius 3 is 2.47 bits per heavy atom. The normalized spacial score (nSPS) is 11.7. The van der Waals surface area contributed by atoms with Gasteiger partial charge in [-0.2, -0.15) is 11.8 Å². The van der Waals surface area contributed by atoms with E-state index in [2.05, 4.69) is 32.0 Å². The van der Waals surface area contributed by atoms with Crippen LogP contribution in [0.15, 0.2) is 0 Å². The molecule has 84 valence electrons. The number of nitrogens with two attached hydrogens (primary N) is 1. The molecule has 15 heavy (non-hydrogen) atoms. The molecule has 0 bridgehead atoms. The fourth-order valence-electron chi connectivity index (χ4n) is 1.22. The maximum atomic E-state index is 5.72. The Morgan fingerprint density at radius 2 is 2.13 bits per heavy atom. The third kappa shape index (κ3) is 3.16. The van der Waals surface area contributed by atoms with E-state index in [0.29, 0.717) is 4.99 Å². The van der Waals surface area contributed by atoms with E-state index in [1.807, 2.05) is 0 Å². The van der Waals surface area contributed by atoms with E-state index in [-0.39, 0.29) is 5.41 Å². The summed E-state index contributed by atoms with van der Waals surface area (Å²) in [4.78, 5) is 6.06. The summed E-state index contributed by atoms with van der Waals surface area (Å²) < 4.78 is 0. The predicted molar refractivity (Wildman–Crippen MR) is 73.9 cm³/mol. The summed E-state index contributed by atoms with van der Waals surface area (Å²) >= 11 is 8.44. The maximum Gasteiger partial charge on any atom is 0.116 e. The molecule has 1 heterocycles. The molecular formula is C10H16N2S3. The van der Waals surface area contributed by atoms with E-state index in [4.69, 9.17) is 18.0 Å². The minimum absolute atomic E-state index is 0.00587. The van der Waals surface area contributed by atoms with Crippen LogP contribution in [0.2, 0.25) is 0 Å². The molecule has 0 spiro atoms. The van der Waals surface area contributed by atoms with Gasteiger partial charge in [-0.05, 0) is 6.26 Å². The number of nitrogens with zero attached hydrogens (tertiary/aromatic N) is 1. The third-order valence-electron chi connectivity index (χ3n) is 1.87. The van der Waals surface area contributed by atoms with Gasteiger partial charge in [0.2, 0.25) is 0 Å². The van der Waals surface area contributed by atoms with E-state index in [9.17, 15) is 0 Å². The number of aromatic nitrogens is 1. The molecule has 0 aliphatic heterocycles. The first kappa shape index (κ1) is 12.9. The molecule has 5 heteroatoms. The van der Waals surface area contributed by atoms with Gasteiger partial charge in [-0.15, -0.1) is 11.3 Å². The molecule has 0 aliphatic rings. The number of thiazole rings is 1. The SMILES string of the molecule is CSCc1nc(C(C)(C)C)c(C(N)=S)s1. The lowest BCUT2D eigenvalue weighted by Crippen LogP contribution is -2.19. The fourth-order valence-corrected chi connectivity index (χ4v) is 3.27. The Hall–Kier alpha value is -0.130. The molecule has 0 radical (unpaired) electrons. The van der Waals surface area contributed by atoms with Crippen LogP contribution in [0.3, 0.4) is 0 Å². The van der Waals surface area contributed by atoms with Crippen LogP contribution < -0.4 is 5.73 Å². The summed E-state index contributed by atoms with van der Waals surface area (Å²) in [5.74, 6) is 0.927. The molecule has 1 aromatic heterocycles. The molecule has 0 aliphatic carbocycles. The largest absolute Gasteiger partial charge is 0.389 e. The number of thiocarbonyl (C=S) groups is 1. The minimum Gasteiger partial charge on any atom is -0.389 e. The topological polar surface area (TPSA) is 38.9 Å². The van der Waals surface area contributed by atoms with Gasteiger partial charge in [0.25, 0.3) is 0 Å². The van der Waals surface area contributed by atoms with E-state index in [1.165, 1.54) is 0 Å². The van der Waals surface area contributed by atoms with Crippen molar-refractivity contribution < 1.29 is 0 Å². The highest BCUT2D eigenvalue weighted by Gasteiger charge is 2.24. The Morgan fingerprint density at radius 1 is 1.53 bits per heavy atom. The van der Waals surface area contributed by atoms with E-state index >= 15 is 0 Å². The molecule has 2 N–H and O–H groups in total. The predicted octanol–water partition coefficient (Wildman–Crippen LogP) is 2.94. The number of rotatable bonds is 3. The van der Waals surface area contributed by atoms with Crippen molar-refractivity contribution in [2.24, 2.45) is 5.73 Å². The van der Waals surface area contributed by atoms with Crippen LogP contribution in [0.4, 0.5) is 0 Å². The molecule has 0 saturated heterocycles. The van der Waals surface area contributed by atoms with Gasteiger partial charge >= 0.3 is 0 Å². The smallest absolute Gasteiger partial charge is 0.116 e. The molecule has 0 saturated carbocycles. The van der Waals surface area contributed by atoms with Gasteiger partial charge in [0.1, 0.15) is 10.00 Å². The van der Waals surface area contributed by atoms with Gasteiger partial charge in [0.15, 0.2) is 0 Å². The van der Waals surface area contributed by atoms with Crippen molar-refractivity contribution in [2.45, 2.75) is 31.9 Å². The van der Waals surface area contributed by atoms with Crippen LogP contribution in [0.5, 0.6) is 0 Å². The van der Waals surface area contributed by atoms with E-state index < -0.39 is 0 Å². The molecule has 0 amide bonds. The Kier molecular flexibility index (Phi) is 4.14. The first-order valence-electron chi connectivity index (χ1n) is 4.65. The highest BCUT2D eigenvalue weighted by atomic mass is 32.2. The highest BCUT2D eigenvalue weighted by molar-refractivity contribution is 7.97. The Balaban J connectivity index is 3.18. The van der Waals surface area contributed by atoms with E-state index in [0.717, 1.165) is 21.3 Å². The van der Waals surface area contributed by atoms with Crippen LogP contribution in [-0.4, -0.2) is 16.2 Å². The van der Waals surface area contributed by atoms with Crippen LogP contribution in [0.1, 0.15) is 36.3 Å². The Labute approximate surface area is 105 Å². The second kappa shape index (κ2) is 4.80. The van der Waals surface area contributed by atoms with E-state index in [1.54, 1.807) is 23.1 Å². The minimum atomic E-state index is 0.00587. The maximum absolute atomic E-state index is 5.72. The summed E-state index contributed by atoms with van der Waals surface area (Å²) in [5.41, 5.74) is 6.75. The second-order valence-corrected chi connectivity index (χ2v) is 6.72. The first-order chi connectivity index (χ1) is 6.86. The lowest BCUT2D eigenvalue weighted by molar-refractivity contribution is 0.571. The average molecular weight is 260 g/mol. The van der Waals surface area contributed by atoms with Crippen molar-refractivity contribution >= 4 is 40.3 Å². The molecule has 0 fully saturated rings. The lowest BCUT2D eigenvalue weighted by Gasteiger charge is -2.16. The standard InChI is InChI=1S/C10H16N2S3/c1-10(2,3)8-7(9(11)13)15-6(12-8)5-14-4/h5H2,1-4H3,(H2,11,13). The second-order valence-electron chi connectivity index (χ2n) is 4.33. The molecule has 1 aromatic rings. The van der Waals surface area contributed by atoms with Crippen molar-refractivity contribution in [3.63, 3.8) is 0 Å². The van der Waals surface area contributed by atoms with Crippen molar-refractivity contribution in [1.82, 2.24) is 4.98 Å². The fraction of sp³-hybridized carbons (Fsp3) is 0.600. The monoisotopic (exact) mass is 260 g/mol. The van der Waals surface area contributed by atoms with Crippen LogP contribution in [0.25, 0.3) is 0 Å². The van der Waals surface area contributed by atoms with Gasteiger partial charge in [-0.1, -0.05) is 33.0 Å². The molecular weight excluding hydrogens is 244 g/mol. The molecule has 0 atom stereocenters. The third-order valence-corrected chi connectivity index (χ3v) is 4.04. The van der Waals surface area contributed by atoms with Crippen molar-refractivity contribution in [3.8, 4) is 0 Å². The molecule has 0 aromatic carbocycles. The quantitative estimate of drug-likeness (QED) is 0.848. The summed E-state index contributed by atoms with van der Waals surface area (Å²) in [5, 5.41) is 1.11. The van der Waals surface area contributed by atoms with Crippen molar-refractivity contribution in [1.29, 1.82) is 0 Å². The molecule has 0 unspecified atom stereocenters. The Bertz CT molecular complexity index is 363. The molecule has 2 nitrogen and oxygen atoms in total. The summed E-state index contributed by atoms with van der Waals surface area (Å²) in [7, 11) is 0. The number of hydrogen-bond donors (Lipinski definition) is 1. The van der Waals surface area contributed by atoms with Gasteiger partial charge in [0.05, 0.1) is 10.6 Å². The summed E-state index contributed by atoms with van der Waals surface area (Å²) in [6.45, 7) is 6.39.